The van der Waals surface area contributed by atoms with Crippen molar-refractivity contribution in [2.24, 2.45) is 5.73 Å². The highest BCUT2D eigenvalue weighted by atomic mass is 15.3. The minimum atomic E-state index is 0.279. The Labute approximate surface area is 116 Å². The van der Waals surface area contributed by atoms with Crippen molar-refractivity contribution in [2.45, 2.75) is 38.9 Å². The topological polar surface area (TPSA) is 50.3 Å². The molecular formula is C14H27N5. The maximum Gasteiger partial charge on any atom is 0.0951 e. The van der Waals surface area contributed by atoms with Crippen LogP contribution in [0.25, 0.3) is 0 Å². The number of aromatic nitrogens is 2. The van der Waals surface area contributed by atoms with Crippen molar-refractivity contribution in [2.75, 3.05) is 33.2 Å². The minimum Gasteiger partial charge on any atom is -0.331 e. The van der Waals surface area contributed by atoms with Gasteiger partial charge in [-0.25, -0.2) is 4.98 Å². The Morgan fingerprint density at radius 1 is 1.42 bits per heavy atom. The van der Waals surface area contributed by atoms with E-state index >= 15 is 0 Å². The van der Waals surface area contributed by atoms with Crippen molar-refractivity contribution < 1.29 is 0 Å². The highest BCUT2D eigenvalue weighted by molar-refractivity contribution is 5.08. The molecule has 1 aromatic heterocycles. The van der Waals surface area contributed by atoms with Gasteiger partial charge in [0.1, 0.15) is 0 Å². The van der Waals surface area contributed by atoms with Gasteiger partial charge in [-0.05, 0) is 27.8 Å². The van der Waals surface area contributed by atoms with Crippen molar-refractivity contribution in [3.05, 3.63) is 18.2 Å². The van der Waals surface area contributed by atoms with Crippen LogP contribution in [0, 0.1) is 0 Å². The van der Waals surface area contributed by atoms with E-state index in [0.717, 1.165) is 19.6 Å². The number of likely N-dealkylation sites (N-methyl/N-ethyl adjacent to an activating group) is 1. The first-order valence-electron chi connectivity index (χ1n) is 7.20. The van der Waals surface area contributed by atoms with Gasteiger partial charge in [-0.3, -0.25) is 4.90 Å². The van der Waals surface area contributed by atoms with Gasteiger partial charge < -0.3 is 15.2 Å². The molecule has 0 aromatic carbocycles. The minimum absolute atomic E-state index is 0.279. The van der Waals surface area contributed by atoms with E-state index in [1.165, 1.54) is 5.69 Å². The molecule has 0 bridgehead atoms. The molecule has 0 radical (unpaired) electrons. The van der Waals surface area contributed by atoms with Crippen LogP contribution in [-0.4, -0.2) is 58.6 Å². The molecule has 5 heteroatoms. The van der Waals surface area contributed by atoms with E-state index in [2.05, 4.69) is 47.2 Å². The van der Waals surface area contributed by atoms with E-state index in [0.29, 0.717) is 18.6 Å². The second-order valence-corrected chi connectivity index (χ2v) is 5.90. The first kappa shape index (κ1) is 14.5. The lowest BCUT2D eigenvalue weighted by Gasteiger charge is -2.41. The molecule has 5 nitrogen and oxygen atoms in total. The number of hydrogen-bond donors (Lipinski definition) is 1. The van der Waals surface area contributed by atoms with Gasteiger partial charge in [0.2, 0.25) is 0 Å². The van der Waals surface area contributed by atoms with Crippen molar-refractivity contribution in [3.63, 3.8) is 0 Å². The normalized spacial score (nSPS) is 24.0. The lowest BCUT2D eigenvalue weighted by molar-refractivity contribution is 0.0711. The zero-order valence-corrected chi connectivity index (χ0v) is 12.6. The van der Waals surface area contributed by atoms with Crippen LogP contribution in [0.5, 0.6) is 0 Å². The van der Waals surface area contributed by atoms with Gasteiger partial charge in [0.15, 0.2) is 0 Å². The zero-order valence-electron chi connectivity index (χ0n) is 12.6. The van der Waals surface area contributed by atoms with Gasteiger partial charge in [-0.15, -0.1) is 0 Å². The first-order valence-corrected chi connectivity index (χ1v) is 7.20. The molecule has 108 valence electrons. The lowest BCUT2D eigenvalue weighted by atomic mass is 10.1. The van der Waals surface area contributed by atoms with E-state index < -0.39 is 0 Å². The third-order valence-corrected chi connectivity index (χ3v) is 4.25. The molecule has 2 heterocycles. The van der Waals surface area contributed by atoms with Crippen molar-refractivity contribution in [3.8, 4) is 0 Å². The smallest absolute Gasteiger partial charge is 0.0951 e. The van der Waals surface area contributed by atoms with Crippen LogP contribution in [0.1, 0.15) is 38.5 Å². The number of piperazine rings is 1. The summed E-state index contributed by atoms with van der Waals surface area (Å²) in [6.07, 6.45) is 3.89. The Morgan fingerprint density at radius 2 is 2.16 bits per heavy atom. The summed E-state index contributed by atoms with van der Waals surface area (Å²) in [4.78, 5) is 9.22. The summed E-state index contributed by atoms with van der Waals surface area (Å²) in [6.45, 7) is 10.5. The van der Waals surface area contributed by atoms with Gasteiger partial charge in [-0.2, -0.15) is 0 Å². The third-order valence-electron chi connectivity index (χ3n) is 4.25. The summed E-state index contributed by atoms with van der Waals surface area (Å²) in [5, 5.41) is 0. The maximum absolute atomic E-state index is 6.05. The van der Waals surface area contributed by atoms with Gasteiger partial charge in [0, 0.05) is 44.5 Å². The van der Waals surface area contributed by atoms with Crippen LogP contribution in [0.15, 0.2) is 12.5 Å². The van der Waals surface area contributed by atoms with Crippen molar-refractivity contribution in [1.29, 1.82) is 0 Å². The second kappa shape index (κ2) is 6.03. The Bertz CT molecular complexity index is 400. The van der Waals surface area contributed by atoms with Crippen molar-refractivity contribution >= 4 is 0 Å². The van der Waals surface area contributed by atoms with Crippen LogP contribution < -0.4 is 5.73 Å². The fourth-order valence-electron chi connectivity index (χ4n) is 2.82. The van der Waals surface area contributed by atoms with Crippen LogP contribution in [0.4, 0.5) is 0 Å². The van der Waals surface area contributed by atoms with Gasteiger partial charge in [0.05, 0.1) is 18.1 Å². The predicted octanol–water partition coefficient (Wildman–Crippen LogP) is 1.10. The molecule has 2 rings (SSSR count). The van der Waals surface area contributed by atoms with Gasteiger partial charge in [-0.1, -0.05) is 0 Å². The number of nitrogens with zero attached hydrogens (tertiary/aromatic N) is 4. The monoisotopic (exact) mass is 265 g/mol. The molecule has 1 aliphatic heterocycles. The Hall–Kier alpha value is -0.910. The van der Waals surface area contributed by atoms with E-state index in [1.54, 1.807) is 0 Å². The summed E-state index contributed by atoms with van der Waals surface area (Å²) < 4.78 is 2.24. The average molecular weight is 265 g/mol. The largest absolute Gasteiger partial charge is 0.331 e. The summed E-state index contributed by atoms with van der Waals surface area (Å²) in [5.41, 5.74) is 7.29. The molecule has 1 aromatic rings. The van der Waals surface area contributed by atoms with E-state index in [-0.39, 0.29) is 6.04 Å². The van der Waals surface area contributed by atoms with Gasteiger partial charge >= 0.3 is 0 Å². The van der Waals surface area contributed by atoms with E-state index in [1.807, 2.05) is 12.5 Å². The molecule has 0 aliphatic carbocycles. The second-order valence-electron chi connectivity index (χ2n) is 5.90. The third kappa shape index (κ3) is 2.99. The maximum atomic E-state index is 6.05. The molecular weight excluding hydrogens is 238 g/mol. The molecule has 0 amide bonds. The number of imidazole rings is 1. The van der Waals surface area contributed by atoms with Crippen LogP contribution in [-0.2, 0) is 0 Å². The van der Waals surface area contributed by atoms with Crippen LogP contribution in [0.3, 0.4) is 0 Å². The predicted molar refractivity (Wildman–Crippen MR) is 78.1 cm³/mol. The average Bonchev–Trinajstić information content (AvgIpc) is 2.84. The number of nitrogens with two attached hydrogens (primary N) is 1. The molecule has 0 saturated carbocycles. The molecule has 0 spiro atoms. The lowest BCUT2D eigenvalue weighted by Crippen LogP contribution is -2.52. The SMILES string of the molecule is CC1CN(C(CN)c2cncn2C(C)C)CCN1C. The molecule has 1 fully saturated rings. The molecule has 1 aliphatic rings. The van der Waals surface area contributed by atoms with E-state index in [9.17, 15) is 0 Å². The van der Waals surface area contributed by atoms with Crippen LogP contribution >= 0.6 is 0 Å². The summed E-state index contributed by atoms with van der Waals surface area (Å²) >= 11 is 0. The molecule has 2 atom stereocenters. The van der Waals surface area contributed by atoms with Crippen molar-refractivity contribution in [1.82, 2.24) is 19.4 Å². The molecule has 2 unspecified atom stereocenters. The zero-order chi connectivity index (χ0) is 14.0. The Kier molecular flexibility index (Phi) is 4.60. The Balaban J connectivity index is 2.18. The quantitative estimate of drug-likeness (QED) is 0.886. The fourth-order valence-corrected chi connectivity index (χ4v) is 2.82. The highest BCUT2D eigenvalue weighted by Gasteiger charge is 2.28. The molecule has 2 N–H and O–H groups in total. The number of rotatable bonds is 4. The highest BCUT2D eigenvalue weighted by Crippen LogP contribution is 2.24. The summed E-state index contributed by atoms with van der Waals surface area (Å²) in [7, 11) is 2.19. The van der Waals surface area contributed by atoms with Crippen LogP contribution in [0.2, 0.25) is 0 Å². The molecule has 1 saturated heterocycles. The van der Waals surface area contributed by atoms with Gasteiger partial charge in [0.25, 0.3) is 0 Å². The Morgan fingerprint density at radius 3 is 2.74 bits per heavy atom. The number of hydrogen-bond acceptors (Lipinski definition) is 4. The summed E-state index contributed by atoms with van der Waals surface area (Å²) in [6, 6.07) is 1.29. The fraction of sp³-hybridized carbons (Fsp3) is 0.786. The first-order chi connectivity index (χ1) is 9.04. The van der Waals surface area contributed by atoms with E-state index in [4.69, 9.17) is 5.73 Å². The summed E-state index contributed by atoms with van der Waals surface area (Å²) in [5.74, 6) is 0. The molecule has 19 heavy (non-hydrogen) atoms. The standard InChI is InChI=1S/C14H27N5/c1-11(2)19-10-16-8-14(19)13(7-15)18-6-5-17(4)12(3)9-18/h8,10-13H,5-7,9,15H2,1-4H3.